The van der Waals surface area contributed by atoms with Crippen molar-refractivity contribution in [3.05, 3.63) is 58.0 Å². The summed E-state index contributed by atoms with van der Waals surface area (Å²) in [6, 6.07) is 10.5. The Morgan fingerprint density at radius 2 is 1.90 bits per heavy atom. The lowest BCUT2D eigenvalue weighted by molar-refractivity contribution is 0.102. The van der Waals surface area contributed by atoms with Gasteiger partial charge >= 0.3 is 0 Å². The van der Waals surface area contributed by atoms with Crippen LogP contribution in [-0.2, 0) is 13.5 Å². The number of amides is 1. The number of nitrogens with zero attached hydrogens (tertiary/aromatic N) is 2. The summed E-state index contributed by atoms with van der Waals surface area (Å²) in [4.78, 5) is 23.2. The molecule has 1 heterocycles. The van der Waals surface area contributed by atoms with Crippen LogP contribution in [0.2, 0.25) is 0 Å². The summed E-state index contributed by atoms with van der Waals surface area (Å²) in [5.74, 6) is -0.330. The minimum atomic E-state index is -0.330. The van der Waals surface area contributed by atoms with E-state index < -0.39 is 0 Å². The molecule has 104 valence electrons. The van der Waals surface area contributed by atoms with E-state index in [0.717, 1.165) is 17.5 Å². The maximum atomic E-state index is 12.0. The van der Waals surface area contributed by atoms with Gasteiger partial charge < -0.3 is 5.32 Å². The van der Waals surface area contributed by atoms with Crippen molar-refractivity contribution in [2.45, 2.75) is 19.8 Å². The summed E-state index contributed by atoms with van der Waals surface area (Å²) in [7, 11) is 1.51. The molecule has 0 aliphatic heterocycles. The highest BCUT2D eigenvalue weighted by Crippen LogP contribution is 2.11. The third-order valence-corrected chi connectivity index (χ3v) is 2.94. The minimum absolute atomic E-state index is 0.213. The first-order valence-corrected chi connectivity index (χ1v) is 6.55. The lowest BCUT2D eigenvalue weighted by atomic mass is 10.1. The van der Waals surface area contributed by atoms with E-state index in [0.29, 0.717) is 5.69 Å². The quantitative estimate of drug-likeness (QED) is 0.924. The second kappa shape index (κ2) is 6.14. The molecule has 0 saturated carbocycles. The number of nitrogens with one attached hydrogen (secondary N) is 1. The molecule has 0 fully saturated rings. The van der Waals surface area contributed by atoms with Gasteiger partial charge in [0.2, 0.25) is 0 Å². The number of carbonyl (C=O) groups excluding carboxylic acids is 1. The predicted molar refractivity (Wildman–Crippen MR) is 77.9 cm³/mol. The Kier molecular flexibility index (Phi) is 4.30. The van der Waals surface area contributed by atoms with E-state index in [2.05, 4.69) is 17.3 Å². The Hall–Kier alpha value is -2.43. The normalized spacial score (nSPS) is 10.3. The van der Waals surface area contributed by atoms with Crippen LogP contribution >= 0.6 is 0 Å². The SMILES string of the molecule is CCCc1ccc(NC(=O)c2ccc(=O)n(C)n2)cc1. The monoisotopic (exact) mass is 271 g/mol. The highest BCUT2D eigenvalue weighted by molar-refractivity contribution is 6.02. The van der Waals surface area contributed by atoms with Gasteiger partial charge in [-0.05, 0) is 30.2 Å². The molecule has 0 aliphatic rings. The van der Waals surface area contributed by atoms with E-state index >= 15 is 0 Å². The van der Waals surface area contributed by atoms with Gasteiger partial charge in [0, 0.05) is 18.8 Å². The number of benzene rings is 1. The lowest BCUT2D eigenvalue weighted by Crippen LogP contribution is -2.23. The van der Waals surface area contributed by atoms with Crippen molar-refractivity contribution < 1.29 is 4.79 Å². The second-order valence-electron chi connectivity index (χ2n) is 4.58. The molecule has 2 aromatic rings. The van der Waals surface area contributed by atoms with Gasteiger partial charge in [-0.3, -0.25) is 9.59 Å². The standard InChI is InChI=1S/C15H17N3O2/c1-3-4-11-5-7-12(8-6-11)16-15(20)13-9-10-14(19)18(2)17-13/h5-10H,3-4H2,1-2H3,(H,16,20). The molecule has 1 N–H and O–H groups in total. The van der Waals surface area contributed by atoms with Gasteiger partial charge in [-0.1, -0.05) is 25.5 Å². The van der Waals surface area contributed by atoms with Crippen molar-refractivity contribution in [1.29, 1.82) is 0 Å². The van der Waals surface area contributed by atoms with Crippen molar-refractivity contribution in [3.63, 3.8) is 0 Å². The summed E-state index contributed by atoms with van der Waals surface area (Å²) in [6.07, 6.45) is 2.12. The van der Waals surface area contributed by atoms with Crippen LogP contribution in [0.25, 0.3) is 0 Å². The van der Waals surface area contributed by atoms with Crippen LogP contribution in [0.5, 0.6) is 0 Å². The summed E-state index contributed by atoms with van der Waals surface area (Å²) < 4.78 is 1.14. The van der Waals surface area contributed by atoms with E-state index in [1.54, 1.807) is 0 Å². The molecule has 0 unspecified atom stereocenters. The van der Waals surface area contributed by atoms with Crippen molar-refractivity contribution in [1.82, 2.24) is 9.78 Å². The minimum Gasteiger partial charge on any atom is -0.321 e. The fraction of sp³-hybridized carbons (Fsp3) is 0.267. The van der Waals surface area contributed by atoms with Crippen LogP contribution in [0.4, 0.5) is 5.69 Å². The third kappa shape index (κ3) is 3.32. The number of aromatic nitrogens is 2. The first-order chi connectivity index (χ1) is 9.60. The molecule has 1 amide bonds. The van der Waals surface area contributed by atoms with Gasteiger partial charge in [0.05, 0.1) is 0 Å². The van der Waals surface area contributed by atoms with Crippen LogP contribution in [0.15, 0.2) is 41.2 Å². The molecule has 0 radical (unpaired) electrons. The second-order valence-corrected chi connectivity index (χ2v) is 4.58. The summed E-state index contributed by atoms with van der Waals surface area (Å²) in [5, 5.41) is 6.67. The lowest BCUT2D eigenvalue weighted by Gasteiger charge is -2.06. The van der Waals surface area contributed by atoms with Crippen LogP contribution in [0, 0.1) is 0 Å². The highest BCUT2D eigenvalue weighted by Gasteiger charge is 2.08. The Bertz CT molecular complexity index is 660. The molecular formula is C15H17N3O2. The Labute approximate surface area is 117 Å². The maximum absolute atomic E-state index is 12.0. The first kappa shape index (κ1) is 14.0. The Morgan fingerprint density at radius 1 is 1.20 bits per heavy atom. The van der Waals surface area contributed by atoms with Gasteiger partial charge in [0.15, 0.2) is 0 Å². The van der Waals surface area contributed by atoms with Crippen LogP contribution in [0.3, 0.4) is 0 Å². The zero-order valence-corrected chi connectivity index (χ0v) is 11.6. The van der Waals surface area contributed by atoms with E-state index in [9.17, 15) is 9.59 Å². The zero-order chi connectivity index (χ0) is 14.5. The fourth-order valence-electron chi connectivity index (χ4n) is 1.86. The Morgan fingerprint density at radius 3 is 2.50 bits per heavy atom. The first-order valence-electron chi connectivity index (χ1n) is 6.55. The van der Waals surface area contributed by atoms with Crippen LogP contribution < -0.4 is 10.9 Å². The van der Waals surface area contributed by atoms with E-state index in [4.69, 9.17) is 0 Å². The van der Waals surface area contributed by atoms with Crippen LogP contribution in [0.1, 0.15) is 29.4 Å². The van der Waals surface area contributed by atoms with E-state index in [1.807, 2.05) is 24.3 Å². The molecule has 0 aliphatic carbocycles. The average molecular weight is 271 g/mol. The number of aryl methyl sites for hydroxylation is 2. The third-order valence-electron chi connectivity index (χ3n) is 2.94. The van der Waals surface area contributed by atoms with E-state index in [-0.39, 0.29) is 17.2 Å². The summed E-state index contributed by atoms with van der Waals surface area (Å²) >= 11 is 0. The van der Waals surface area contributed by atoms with Crippen molar-refractivity contribution in [2.75, 3.05) is 5.32 Å². The highest BCUT2D eigenvalue weighted by atomic mass is 16.2. The molecule has 5 heteroatoms. The molecule has 1 aromatic heterocycles. The zero-order valence-electron chi connectivity index (χ0n) is 11.6. The van der Waals surface area contributed by atoms with E-state index in [1.165, 1.54) is 24.7 Å². The maximum Gasteiger partial charge on any atom is 0.276 e. The molecule has 2 rings (SSSR count). The summed E-state index contributed by atoms with van der Waals surface area (Å²) in [6.45, 7) is 2.13. The average Bonchev–Trinajstić information content (AvgIpc) is 2.44. The number of rotatable bonds is 4. The predicted octanol–water partition coefficient (Wildman–Crippen LogP) is 1.99. The number of hydrogen-bond donors (Lipinski definition) is 1. The smallest absolute Gasteiger partial charge is 0.276 e. The molecule has 0 bridgehead atoms. The van der Waals surface area contributed by atoms with Gasteiger partial charge in [-0.25, -0.2) is 4.68 Å². The fourth-order valence-corrected chi connectivity index (χ4v) is 1.86. The molecule has 20 heavy (non-hydrogen) atoms. The molecule has 0 atom stereocenters. The van der Waals surface area contributed by atoms with Gasteiger partial charge in [0.25, 0.3) is 11.5 Å². The summed E-state index contributed by atoms with van der Waals surface area (Å²) in [5.41, 5.74) is 1.92. The van der Waals surface area contributed by atoms with Gasteiger partial charge in [-0.2, -0.15) is 5.10 Å². The van der Waals surface area contributed by atoms with Crippen LogP contribution in [-0.4, -0.2) is 15.7 Å². The number of anilines is 1. The molecular weight excluding hydrogens is 254 g/mol. The molecule has 0 saturated heterocycles. The van der Waals surface area contributed by atoms with Gasteiger partial charge in [0.1, 0.15) is 5.69 Å². The number of carbonyl (C=O) groups is 1. The topological polar surface area (TPSA) is 64.0 Å². The molecule has 1 aromatic carbocycles. The Balaban J connectivity index is 2.10. The van der Waals surface area contributed by atoms with Crippen molar-refractivity contribution >= 4 is 11.6 Å². The molecule has 0 spiro atoms. The van der Waals surface area contributed by atoms with Gasteiger partial charge in [-0.15, -0.1) is 0 Å². The van der Waals surface area contributed by atoms with Crippen molar-refractivity contribution in [3.8, 4) is 0 Å². The number of hydrogen-bond acceptors (Lipinski definition) is 3. The van der Waals surface area contributed by atoms with Crippen molar-refractivity contribution in [2.24, 2.45) is 7.05 Å². The largest absolute Gasteiger partial charge is 0.321 e. The molecule has 5 nitrogen and oxygen atoms in total.